The molecule has 0 atom stereocenters. The Hall–Kier alpha value is -1.02. The van der Waals surface area contributed by atoms with Gasteiger partial charge in [-0.3, -0.25) is 0 Å². The summed E-state index contributed by atoms with van der Waals surface area (Å²) in [5.41, 5.74) is 8.20. The van der Waals surface area contributed by atoms with E-state index in [9.17, 15) is 0 Å². The molecule has 1 aliphatic rings. The van der Waals surface area contributed by atoms with E-state index in [1.165, 1.54) is 44.1 Å². The number of nitrogens with two attached hydrogens (primary N) is 1. The van der Waals surface area contributed by atoms with Gasteiger partial charge < -0.3 is 10.6 Å². The number of likely N-dealkylation sites (N-methyl/N-ethyl adjacent to an activating group) is 1. The van der Waals surface area contributed by atoms with Crippen molar-refractivity contribution in [3.8, 4) is 0 Å². The summed E-state index contributed by atoms with van der Waals surface area (Å²) in [6.07, 6.45) is 8.38. The van der Waals surface area contributed by atoms with E-state index in [0.717, 1.165) is 18.3 Å². The molecule has 20 heavy (non-hydrogen) atoms. The second-order valence-electron chi connectivity index (χ2n) is 7.07. The molecule has 0 saturated heterocycles. The third kappa shape index (κ3) is 3.99. The molecule has 0 heterocycles. The molecule has 2 heteroatoms. The van der Waals surface area contributed by atoms with Crippen LogP contribution in [0.2, 0.25) is 0 Å². The molecule has 0 aromatic heterocycles. The van der Waals surface area contributed by atoms with Crippen molar-refractivity contribution >= 4 is 5.69 Å². The summed E-state index contributed by atoms with van der Waals surface area (Å²) in [5.74, 6) is 0. The van der Waals surface area contributed by atoms with E-state index >= 15 is 0 Å². The van der Waals surface area contributed by atoms with Gasteiger partial charge in [-0.1, -0.05) is 51.7 Å². The van der Waals surface area contributed by atoms with Crippen molar-refractivity contribution in [2.24, 2.45) is 0 Å². The van der Waals surface area contributed by atoms with Gasteiger partial charge in [0.15, 0.2) is 0 Å². The van der Waals surface area contributed by atoms with E-state index in [2.05, 4.69) is 37.9 Å². The highest BCUT2D eigenvalue weighted by molar-refractivity contribution is 5.41. The lowest BCUT2D eigenvalue weighted by Crippen LogP contribution is -2.40. The Kier molecular flexibility index (Phi) is 5.09. The topological polar surface area (TPSA) is 29.3 Å². The number of hydrogen-bond donors (Lipinski definition) is 1. The molecule has 0 aliphatic heterocycles. The lowest BCUT2D eigenvalue weighted by molar-refractivity contribution is 0.184. The normalized spacial score (nSPS) is 18.2. The molecular formula is C18H30N2. The Balaban J connectivity index is 2.00. The molecule has 1 aromatic rings. The second kappa shape index (κ2) is 6.62. The standard InChI is InChI=1S/C18H30N2/c1-18(2,15-10-12-16(19)13-11-15)14-20(3)17-8-6-4-5-7-9-17/h10-13,17H,4-9,14,19H2,1-3H3. The summed E-state index contributed by atoms with van der Waals surface area (Å²) in [4.78, 5) is 2.58. The van der Waals surface area contributed by atoms with Crippen molar-refractivity contribution in [2.45, 2.75) is 63.8 Å². The van der Waals surface area contributed by atoms with Crippen LogP contribution in [-0.4, -0.2) is 24.5 Å². The first-order chi connectivity index (χ1) is 9.49. The Morgan fingerprint density at radius 1 is 1.05 bits per heavy atom. The van der Waals surface area contributed by atoms with E-state index < -0.39 is 0 Å². The van der Waals surface area contributed by atoms with E-state index in [-0.39, 0.29) is 5.41 Å². The van der Waals surface area contributed by atoms with Crippen LogP contribution in [0.1, 0.15) is 57.9 Å². The fraction of sp³-hybridized carbons (Fsp3) is 0.667. The number of rotatable bonds is 4. The first kappa shape index (κ1) is 15.4. The summed E-state index contributed by atoms with van der Waals surface area (Å²) < 4.78 is 0. The summed E-state index contributed by atoms with van der Waals surface area (Å²) in [5, 5.41) is 0. The van der Waals surface area contributed by atoms with Gasteiger partial charge >= 0.3 is 0 Å². The SMILES string of the molecule is CN(CC(C)(C)c1ccc(N)cc1)C1CCCCCC1. The lowest BCUT2D eigenvalue weighted by atomic mass is 9.83. The van der Waals surface area contributed by atoms with Crippen molar-refractivity contribution in [1.82, 2.24) is 4.90 Å². The van der Waals surface area contributed by atoms with E-state index in [1.807, 2.05) is 12.1 Å². The maximum Gasteiger partial charge on any atom is 0.0314 e. The molecule has 0 radical (unpaired) electrons. The van der Waals surface area contributed by atoms with Crippen molar-refractivity contribution in [3.05, 3.63) is 29.8 Å². The molecule has 2 rings (SSSR count). The third-order valence-electron chi connectivity index (χ3n) is 4.78. The molecule has 0 bridgehead atoms. The van der Waals surface area contributed by atoms with Gasteiger partial charge in [-0.15, -0.1) is 0 Å². The number of nitrogens with zero attached hydrogens (tertiary/aromatic N) is 1. The number of anilines is 1. The Bertz CT molecular complexity index is 400. The maximum atomic E-state index is 5.80. The first-order valence-corrected chi connectivity index (χ1v) is 8.05. The number of nitrogen functional groups attached to an aromatic ring is 1. The Labute approximate surface area is 124 Å². The van der Waals surface area contributed by atoms with Gasteiger partial charge in [0.2, 0.25) is 0 Å². The molecular weight excluding hydrogens is 244 g/mol. The second-order valence-corrected chi connectivity index (χ2v) is 7.07. The lowest BCUT2D eigenvalue weighted by Gasteiger charge is -2.35. The summed E-state index contributed by atoms with van der Waals surface area (Å²) in [6, 6.07) is 9.16. The molecule has 0 unspecified atom stereocenters. The average molecular weight is 274 g/mol. The van der Waals surface area contributed by atoms with Crippen LogP contribution < -0.4 is 5.73 Å². The number of hydrogen-bond acceptors (Lipinski definition) is 2. The van der Waals surface area contributed by atoms with Gasteiger partial charge in [-0.25, -0.2) is 0 Å². The highest BCUT2D eigenvalue weighted by Crippen LogP contribution is 2.28. The largest absolute Gasteiger partial charge is 0.399 e. The molecule has 112 valence electrons. The quantitative estimate of drug-likeness (QED) is 0.658. The molecule has 0 amide bonds. The summed E-state index contributed by atoms with van der Waals surface area (Å²) >= 11 is 0. The van der Waals surface area contributed by atoms with Gasteiger partial charge in [0.1, 0.15) is 0 Å². The predicted molar refractivity (Wildman–Crippen MR) is 88.0 cm³/mol. The van der Waals surface area contributed by atoms with Crippen molar-refractivity contribution in [1.29, 1.82) is 0 Å². The zero-order chi connectivity index (χ0) is 14.6. The van der Waals surface area contributed by atoms with Crippen molar-refractivity contribution < 1.29 is 0 Å². The van der Waals surface area contributed by atoms with Crippen LogP contribution in [0.15, 0.2) is 24.3 Å². The maximum absolute atomic E-state index is 5.80. The van der Waals surface area contributed by atoms with Crippen molar-refractivity contribution in [3.63, 3.8) is 0 Å². The van der Waals surface area contributed by atoms with Crippen LogP contribution in [0.25, 0.3) is 0 Å². The van der Waals surface area contributed by atoms with E-state index in [0.29, 0.717) is 0 Å². The Morgan fingerprint density at radius 2 is 1.60 bits per heavy atom. The zero-order valence-corrected chi connectivity index (χ0v) is 13.4. The fourth-order valence-corrected chi connectivity index (χ4v) is 3.48. The third-order valence-corrected chi connectivity index (χ3v) is 4.78. The van der Waals surface area contributed by atoms with E-state index in [1.54, 1.807) is 0 Å². The first-order valence-electron chi connectivity index (χ1n) is 8.05. The minimum Gasteiger partial charge on any atom is -0.399 e. The van der Waals surface area contributed by atoms with Gasteiger partial charge in [-0.2, -0.15) is 0 Å². The van der Waals surface area contributed by atoms with Crippen LogP contribution in [-0.2, 0) is 5.41 Å². The summed E-state index contributed by atoms with van der Waals surface area (Å²) in [7, 11) is 2.30. The predicted octanol–water partition coefficient (Wildman–Crippen LogP) is 4.20. The van der Waals surface area contributed by atoms with Crippen LogP contribution in [0, 0.1) is 0 Å². The Morgan fingerprint density at radius 3 is 2.15 bits per heavy atom. The monoisotopic (exact) mass is 274 g/mol. The zero-order valence-electron chi connectivity index (χ0n) is 13.4. The van der Waals surface area contributed by atoms with Gasteiger partial charge in [0, 0.05) is 23.7 Å². The molecule has 1 fully saturated rings. The average Bonchev–Trinajstić information content (AvgIpc) is 2.67. The van der Waals surface area contributed by atoms with Crippen LogP contribution in [0.5, 0.6) is 0 Å². The van der Waals surface area contributed by atoms with Gasteiger partial charge in [-0.05, 0) is 37.6 Å². The number of benzene rings is 1. The van der Waals surface area contributed by atoms with Gasteiger partial charge in [0.25, 0.3) is 0 Å². The van der Waals surface area contributed by atoms with E-state index in [4.69, 9.17) is 5.73 Å². The molecule has 1 saturated carbocycles. The highest BCUT2D eigenvalue weighted by Gasteiger charge is 2.26. The van der Waals surface area contributed by atoms with Gasteiger partial charge in [0.05, 0.1) is 0 Å². The highest BCUT2D eigenvalue weighted by atomic mass is 15.1. The van der Waals surface area contributed by atoms with Crippen LogP contribution in [0.3, 0.4) is 0 Å². The minimum absolute atomic E-state index is 0.175. The smallest absolute Gasteiger partial charge is 0.0314 e. The van der Waals surface area contributed by atoms with Crippen LogP contribution >= 0.6 is 0 Å². The van der Waals surface area contributed by atoms with Crippen LogP contribution in [0.4, 0.5) is 5.69 Å². The summed E-state index contributed by atoms with van der Waals surface area (Å²) in [6.45, 7) is 5.79. The fourth-order valence-electron chi connectivity index (χ4n) is 3.48. The molecule has 1 aromatic carbocycles. The van der Waals surface area contributed by atoms with Crippen molar-refractivity contribution in [2.75, 3.05) is 19.3 Å². The molecule has 2 N–H and O–H groups in total. The molecule has 0 spiro atoms. The minimum atomic E-state index is 0.175. The molecule has 2 nitrogen and oxygen atoms in total. The molecule has 1 aliphatic carbocycles.